The Morgan fingerprint density at radius 1 is 1.43 bits per heavy atom. The van der Waals surface area contributed by atoms with Gasteiger partial charge in [-0.2, -0.15) is 13.2 Å². The fourth-order valence-corrected chi connectivity index (χ4v) is 2.26. The van der Waals surface area contributed by atoms with Crippen LogP contribution in [0, 0.1) is 0 Å². The molecule has 2 rings (SSSR count). The number of H-pyrrole nitrogens is 1. The monoisotopic (exact) mass is 316 g/mol. The molecule has 0 fully saturated rings. The van der Waals surface area contributed by atoms with E-state index in [0.29, 0.717) is 10.7 Å². The Morgan fingerprint density at radius 2 is 2.14 bits per heavy atom. The summed E-state index contributed by atoms with van der Waals surface area (Å²) in [7, 11) is 0. The molecule has 0 saturated carbocycles. The van der Waals surface area contributed by atoms with Gasteiger partial charge < -0.3 is 10.1 Å². The number of benzene rings is 1. The third-order valence-electron chi connectivity index (χ3n) is 2.79. The zero-order valence-corrected chi connectivity index (χ0v) is 11.7. The molecule has 1 heterocycles. The summed E-state index contributed by atoms with van der Waals surface area (Å²) >= 11 is 1.23. The summed E-state index contributed by atoms with van der Waals surface area (Å²) in [6, 6.07) is 4.79. The highest BCUT2D eigenvalue weighted by atomic mass is 32.2. The number of aromatic carboxylic acids is 1. The van der Waals surface area contributed by atoms with Crippen molar-refractivity contribution in [2.45, 2.75) is 17.8 Å². The molecule has 0 amide bonds. The van der Waals surface area contributed by atoms with Crippen molar-refractivity contribution < 1.29 is 23.1 Å². The third-order valence-corrected chi connectivity index (χ3v) is 3.37. The molecule has 0 spiro atoms. The summed E-state index contributed by atoms with van der Waals surface area (Å²) in [6.45, 7) is 0. The van der Waals surface area contributed by atoms with Crippen LogP contribution in [0.2, 0.25) is 0 Å². The first kappa shape index (κ1) is 15.4. The fraction of sp³-hybridized carbons (Fsp3) is 0.231. The van der Waals surface area contributed by atoms with E-state index in [0.717, 1.165) is 12.1 Å². The summed E-state index contributed by atoms with van der Waals surface area (Å²) < 4.78 is 38.0. The van der Waals surface area contributed by atoms with Crippen molar-refractivity contribution in [2.24, 2.45) is 0 Å². The highest BCUT2D eigenvalue weighted by Gasteiger charge is 2.30. The summed E-state index contributed by atoms with van der Waals surface area (Å²) in [5, 5.41) is 9.48. The van der Waals surface area contributed by atoms with Gasteiger partial charge in [-0.05, 0) is 17.9 Å². The Kier molecular flexibility index (Phi) is 4.26. The highest BCUT2D eigenvalue weighted by molar-refractivity contribution is 7.98. The van der Waals surface area contributed by atoms with Crippen LogP contribution in [0.1, 0.15) is 27.3 Å². The number of hydrogen-bond acceptors (Lipinski definition) is 3. The lowest BCUT2D eigenvalue weighted by molar-refractivity contribution is -0.137. The number of carbonyl (C=O) groups is 1. The van der Waals surface area contributed by atoms with Gasteiger partial charge in [0, 0.05) is 6.42 Å². The van der Waals surface area contributed by atoms with Crippen LogP contribution >= 0.6 is 11.8 Å². The van der Waals surface area contributed by atoms with Gasteiger partial charge in [0.25, 0.3) is 0 Å². The van der Waals surface area contributed by atoms with Crippen LogP contribution in [-0.2, 0) is 12.6 Å². The van der Waals surface area contributed by atoms with Crippen molar-refractivity contribution >= 4 is 17.7 Å². The number of carboxylic acid groups (broad SMARTS) is 1. The molecule has 2 aromatic rings. The number of nitrogens with zero attached hydrogens (tertiary/aromatic N) is 1. The molecule has 0 bridgehead atoms. The van der Waals surface area contributed by atoms with Crippen LogP contribution in [0.25, 0.3) is 0 Å². The van der Waals surface area contributed by atoms with Gasteiger partial charge in [0.1, 0.15) is 0 Å². The second-order valence-corrected chi connectivity index (χ2v) is 5.05. The summed E-state index contributed by atoms with van der Waals surface area (Å²) in [5.41, 5.74) is -0.284. The number of rotatable bonds is 4. The molecule has 1 aromatic heterocycles. The minimum atomic E-state index is -4.43. The van der Waals surface area contributed by atoms with Crippen molar-refractivity contribution in [3.63, 3.8) is 0 Å². The van der Waals surface area contributed by atoms with Crippen molar-refractivity contribution in [1.82, 2.24) is 9.97 Å². The number of alkyl halides is 3. The molecule has 0 aliphatic rings. The number of thioether (sulfide) groups is 1. The molecule has 0 atom stereocenters. The number of carboxylic acids is 1. The number of halogens is 3. The summed E-state index contributed by atoms with van der Waals surface area (Å²) in [4.78, 5) is 17.8. The van der Waals surface area contributed by atoms with E-state index in [4.69, 9.17) is 5.11 Å². The van der Waals surface area contributed by atoms with E-state index < -0.39 is 17.7 Å². The van der Waals surface area contributed by atoms with E-state index in [1.54, 1.807) is 6.26 Å². The molecule has 21 heavy (non-hydrogen) atoms. The van der Waals surface area contributed by atoms with E-state index in [2.05, 4.69) is 9.97 Å². The Balaban J connectivity index is 2.34. The first-order chi connectivity index (χ1) is 9.81. The molecule has 4 nitrogen and oxygen atoms in total. The van der Waals surface area contributed by atoms with E-state index in [1.807, 2.05) is 0 Å². The van der Waals surface area contributed by atoms with Crippen molar-refractivity contribution in [3.8, 4) is 0 Å². The van der Waals surface area contributed by atoms with Gasteiger partial charge in [-0.25, -0.2) is 9.78 Å². The molecule has 0 aliphatic carbocycles. The average Bonchev–Trinajstić information content (AvgIpc) is 2.81. The van der Waals surface area contributed by atoms with Crippen LogP contribution in [0.4, 0.5) is 13.2 Å². The van der Waals surface area contributed by atoms with Gasteiger partial charge in [-0.1, -0.05) is 30.0 Å². The Morgan fingerprint density at radius 3 is 2.71 bits per heavy atom. The molecule has 0 radical (unpaired) electrons. The van der Waals surface area contributed by atoms with Gasteiger partial charge in [-0.15, -0.1) is 0 Å². The minimum Gasteiger partial charge on any atom is -0.476 e. The molecule has 0 saturated heterocycles. The second-order valence-electron chi connectivity index (χ2n) is 4.25. The van der Waals surface area contributed by atoms with Gasteiger partial charge >= 0.3 is 12.1 Å². The van der Waals surface area contributed by atoms with Gasteiger partial charge in [-0.3, -0.25) is 0 Å². The van der Waals surface area contributed by atoms with Crippen molar-refractivity contribution in [3.05, 3.63) is 46.8 Å². The molecular formula is C13H11F3N2O2S. The van der Waals surface area contributed by atoms with Crippen molar-refractivity contribution in [1.29, 1.82) is 0 Å². The Labute approximate surface area is 122 Å². The largest absolute Gasteiger partial charge is 0.476 e. The smallest absolute Gasteiger partial charge is 0.416 e. The Hall–Kier alpha value is -1.96. The molecule has 0 unspecified atom stereocenters. The SMILES string of the molecule is CSc1nc(C(=O)O)c(Cc2cccc(C(F)(F)F)c2)[nH]1. The first-order valence-corrected chi connectivity index (χ1v) is 7.06. The number of imidazole rings is 1. The van der Waals surface area contributed by atoms with Crippen LogP contribution in [-0.4, -0.2) is 27.3 Å². The number of aromatic nitrogens is 2. The number of aromatic amines is 1. The third kappa shape index (κ3) is 3.57. The lowest BCUT2D eigenvalue weighted by atomic mass is 10.1. The second kappa shape index (κ2) is 5.80. The molecule has 2 N–H and O–H groups in total. The highest BCUT2D eigenvalue weighted by Crippen LogP contribution is 2.30. The maximum Gasteiger partial charge on any atom is 0.416 e. The lowest BCUT2D eigenvalue weighted by Crippen LogP contribution is -2.06. The van der Waals surface area contributed by atoms with E-state index >= 15 is 0 Å². The normalized spacial score (nSPS) is 11.6. The summed E-state index contributed by atoms with van der Waals surface area (Å²) in [6.07, 6.45) is -2.66. The number of hydrogen-bond donors (Lipinski definition) is 2. The molecule has 112 valence electrons. The minimum absolute atomic E-state index is 0.0408. The maximum absolute atomic E-state index is 12.7. The fourth-order valence-electron chi connectivity index (χ4n) is 1.85. The molecule has 0 aliphatic heterocycles. The molecule has 8 heteroatoms. The van der Waals surface area contributed by atoms with Crippen LogP contribution in [0.3, 0.4) is 0 Å². The van der Waals surface area contributed by atoms with Gasteiger partial charge in [0.05, 0.1) is 11.3 Å². The van der Waals surface area contributed by atoms with Gasteiger partial charge in [0.15, 0.2) is 10.9 Å². The quantitative estimate of drug-likeness (QED) is 0.848. The van der Waals surface area contributed by atoms with Crippen LogP contribution in [0.5, 0.6) is 0 Å². The first-order valence-electron chi connectivity index (χ1n) is 5.83. The van der Waals surface area contributed by atoms with Gasteiger partial charge in [0.2, 0.25) is 0 Å². The molecular weight excluding hydrogens is 305 g/mol. The van der Waals surface area contributed by atoms with E-state index in [1.165, 1.54) is 23.9 Å². The van der Waals surface area contributed by atoms with Crippen LogP contribution < -0.4 is 0 Å². The Bertz CT molecular complexity index is 668. The zero-order chi connectivity index (χ0) is 15.6. The van der Waals surface area contributed by atoms with E-state index in [9.17, 15) is 18.0 Å². The summed E-state index contributed by atoms with van der Waals surface area (Å²) in [5.74, 6) is -1.21. The topological polar surface area (TPSA) is 66.0 Å². The average molecular weight is 316 g/mol. The lowest BCUT2D eigenvalue weighted by Gasteiger charge is -2.08. The zero-order valence-electron chi connectivity index (χ0n) is 10.9. The maximum atomic E-state index is 12.7. The van der Waals surface area contributed by atoms with E-state index in [-0.39, 0.29) is 17.8 Å². The van der Waals surface area contributed by atoms with Crippen LogP contribution in [0.15, 0.2) is 29.4 Å². The number of nitrogens with one attached hydrogen (secondary N) is 1. The van der Waals surface area contributed by atoms with Crippen molar-refractivity contribution in [2.75, 3.05) is 6.26 Å². The standard InChI is InChI=1S/C13H11F3N2O2S/c1-21-12-17-9(10(18-12)11(19)20)6-7-3-2-4-8(5-7)13(14,15)16/h2-5H,6H2,1H3,(H,17,18)(H,19,20). The predicted octanol–water partition coefficient (Wildman–Crippen LogP) is 3.44. The predicted molar refractivity (Wildman–Crippen MR) is 71.6 cm³/mol. The molecule has 1 aromatic carbocycles.